The first kappa shape index (κ1) is 27.0. The monoisotopic (exact) mass is 590 g/mol. The van der Waals surface area contributed by atoms with Crippen molar-refractivity contribution < 1.29 is 0 Å². The third-order valence-corrected chi connectivity index (χ3v) is 9.95. The maximum Gasteiger partial charge on any atom is 0.101 e. The Morgan fingerprint density at radius 1 is 0.698 bits per heavy atom. The van der Waals surface area contributed by atoms with E-state index in [0.29, 0.717) is 0 Å². The molecule has 208 valence electrons. The molecule has 0 atom stereocenters. The van der Waals surface area contributed by atoms with Crippen LogP contribution in [0.2, 0.25) is 0 Å². The van der Waals surface area contributed by atoms with Gasteiger partial charge in [0.1, 0.15) is 5.00 Å². The molecular weight excluding hydrogens is 561 g/mol. The predicted molar refractivity (Wildman–Crippen MR) is 190 cm³/mol. The third kappa shape index (κ3) is 5.05. The summed E-state index contributed by atoms with van der Waals surface area (Å²) in [4.78, 5) is 4.89. The lowest BCUT2D eigenvalue weighted by Crippen LogP contribution is -2.08. The second-order valence-electron chi connectivity index (χ2n) is 10.2. The van der Waals surface area contributed by atoms with E-state index in [1.54, 1.807) is 0 Å². The van der Waals surface area contributed by atoms with Gasteiger partial charge in [-0.1, -0.05) is 97.6 Å². The Morgan fingerprint density at radius 3 is 2.14 bits per heavy atom. The molecule has 3 heterocycles. The molecule has 7 aromatic rings. The Balaban J connectivity index is 1.31. The first-order valence-electron chi connectivity index (χ1n) is 14.3. The molecule has 43 heavy (non-hydrogen) atoms. The number of rotatable bonds is 8. The van der Waals surface area contributed by atoms with Gasteiger partial charge in [0.05, 0.1) is 15.7 Å². The van der Waals surface area contributed by atoms with Crippen molar-refractivity contribution in [2.45, 2.75) is 6.92 Å². The van der Waals surface area contributed by atoms with Crippen LogP contribution in [0.4, 0.5) is 16.4 Å². The minimum atomic E-state index is 1.12. The van der Waals surface area contributed by atoms with Crippen LogP contribution in [-0.2, 0) is 0 Å². The lowest BCUT2D eigenvalue weighted by molar-refractivity contribution is 1.18. The SMILES string of the molecule is C=C/C=C(\C=C/C)c1ccc(N(c2ccccc2)c2ccc(-c3cc4c(s3)c3ccccc3n4-c3ccccc3)s2)cc1. The summed E-state index contributed by atoms with van der Waals surface area (Å²) in [6, 6.07) is 45.6. The standard InChI is InChI=1S/C39H30N2S2/c1-3-13-28(14-4-2)29-21-23-32(24-22-29)40(30-15-7-5-8-16-30)38-26-25-36(42-38)37-27-35-39(43-37)33-19-11-12-20-34(33)41(35)31-17-9-6-10-18-31/h3-27H,1H2,2H3/b14-4-,28-13+. The Morgan fingerprint density at radius 2 is 1.40 bits per heavy atom. The number of anilines is 3. The van der Waals surface area contributed by atoms with Crippen molar-refractivity contribution in [3.8, 4) is 15.4 Å². The van der Waals surface area contributed by atoms with E-state index in [1.807, 2.05) is 41.7 Å². The minimum absolute atomic E-state index is 1.12. The number of hydrogen-bond donors (Lipinski definition) is 0. The van der Waals surface area contributed by atoms with Gasteiger partial charge in [0.15, 0.2) is 0 Å². The number of hydrogen-bond acceptors (Lipinski definition) is 3. The Hall–Kier alpha value is -4.90. The van der Waals surface area contributed by atoms with E-state index < -0.39 is 0 Å². The fourth-order valence-corrected chi connectivity index (χ4v) is 7.93. The molecule has 0 aliphatic heterocycles. The van der Waals surface area contributed by atoms with Crippen LogP contribution in [-0.4, -0.2) is 4.57 Å². The number of aromatic nitrogens is 1. The maximum atomic E-state index is 3.89. The zero-order chi connectivity index (χ0) is 29.2. The molecule has 0 aliphatic rings. The van der Waals surface area contributed by atoms with Crippen molar-refractivity contribution in [2.75, 3.05) is 4.90 Å². The van der Waals surface area contributed by atoms with Gasteiger partial charge in [0, 0.05) is 32.2 Å². The first-order chi connectivity index (χ1) is 21.2. The summed E-state index contributed by atoms with van der Waals surface area (Å²) in [5.74, 6) is 0. The number of benzene rings is 4. The van der Waals surface area contributed by atoms with Gasteiger partial charge in [0.25, 0.3) is 0 Å². The lowest BCUT2D eigenvalue weighted by atomic mass is 10.0. The van der Waals surface area contributed by atoms with Crippen molar-refractivity contribution in [3.63, 3.8) is 0 Å². The molecule has 0 bridgehead atoms. The maximum absolute atomic E-state index is 3.89. The summed E-state index contributed by atoms with van der Waals surface area (Å²) in [5.41, 5.74) is 8.25. The van der Waals surface area contributed by atoms with Crippen LogP contribution in [0.15, 0.2) is 158 Å². The van der Waals surface area contributed by atoms with E-state index in [1.165, 1.54) is 41.6 Å². The summed E-state index contributed by atoms with van der Waals surface area (Å²) in [6.45, 7) is 5.93. The molecular formula is C39H30N2S2. The highest BCUT2D eigenvalue weighted by Gasteiger charge is 2.19. The molecule has 0 aliphatic carbocycles. The van der Waals surface area contributed by atoms with Crippen LogP contribution in [0.25, 0.3) is 42.1 Å². The van der Waals surface area contributed by atoms with E-state index in [0.717, 1.165) is 22.5 Å². The topological polar surface area (TPSA) is 8.17 Å². The van der Waals surface area contributed by atoms with Crippen LogP contribution >= 0.6 is 22.7 Å². The third-order valence-electron chi connectivity index (χ3n) is 7.53. The van der Waals surface area contributed by atoms with E-state index in [-0.39, 0.29) is 0 Å². The molecule has 2 nitrogen and oxygen atoms in total. The molecule has 4 aromatic carbocycles. The lowest BCUT2D eigenvalue weighted by Gasteiger charge is -2.23. The number of nitrogens with zero attached hydrogens (tertiary/aromatic N) is 2. The largest absolute Gasteiger partial charge is 0.308 e. The van der Waals surface area contributed by atoms with Gasteiger partial charge in [-0.3, -0.25) is 0 Å². The van der Waals surface area contributed by atoms with Crippen LogP contribution in [0.1, 0.15) is 12.5 Å². The smallest absolute Gasteiger partial charge is 0.101 e. The van der Waals surface area contributed by atoms with E-state index in [2.05, 4.69) is 156 Å². The fourth-order valence-electron chi connectivity index (χ4n) is 5.63. The molecule has 0 saturated heterocycles. The van der Waals surface area contributed by atoms with Gasteiger partial charge in [-0.15, -0.1) is 22.7 Å². The van der Waals surface area contributed by atoms with Crippen LogP contribution < -0.4 is 4.90 Å². The average Bonchev–Trinajstić information content (AvgIpc) is 3.77. The molecule has 0 unspecified atom stereocenters. The van der Waals surface area contributed by atoms with Crippen LogP contribution in [0, 0.1) is 0 Å². The normalized spacial score (nSPS) is 12.0. The molecule has 0 amide bonds. The number of para-hydroxylation sites is 3. The molecule has 0 radical (unpaired) electrons. The van der Waals surface area contributed by atoms with Gasteiger partial charge in [0.2, 0.25) is 0 Å². The Kier molecular flexibility index (Phi) is 7.38. The van der Waals surface area contributed by atoms with E-state index in [4.69, 9.17) is 0 Å². The second kappa shape index (κ2) is 11.8. The predicted octanol–water partition coefficient (Wildman–Crippen LogP) is 12.2. The van der Waals surface area contributed by atoms with Crippen molar-refractivity contribution >= 4 is 65.7 Å². The molecule has 0 spiro atoms. The zero-order valence-electron chi connectivity index (χ0n) is 23.9. The number of allylic oxidation sites excluding steroid dienone is 5. The summed E-state index contributed by atoms with van der Waals surface area (Å²) >= 11 is 3.70. The summed E-state index contributed by atoms with van der Waals surface area (Å²) < 4.78 is 3.71. The minimum Gasteiger partial charge on any atom is -0.308 e. The molecule has 0 fully saturated rings. The number of thiophene rings is 2. The Bertz CT molecular complexity index is 2090. The van der Waals surface area contributed by atoms with Crippen molar-refractivity contribution in [1.29, 1.82) is 0 Å². The van der Waals surface area contributed by atoms with Crippen molar-refractivity contribution in [3.05, 3.63) is 164 Å². The van der Waals surface area contributed by atoms with Gasteiger partial charge < -0.3 is 9.47 Å². The average molecular weight is 591 g/mol. The van der Waals surface area contributed by atoms with Crippen molar-refractivity contribution in [1.82, 2.24) is 4.57 Å². The highest BCUT2D eigenvalue weighted by atomic mass is 32.1. The molecule has 0 saturated carbocycles. The molecule has 7 rings (SSSR count). The molecule has 4 heteroatoms. The highest BCUT2D eigenvalue weighted by molar-refractivity contribution is 7.27. The van der Waals surface area contributed by atoms with Crippen LogP contribution in [0.5, 0.6) is 0 Å². The number of fused-ring (bicyclic) bond motifs is 3. The zero-order valence-corrected chi connectivity index (χ0v) is 25.5. The first-order valence-corrected chi connectivity index (χ1v) is 16.0. The molecule has 0 N–H and O–H groups in total. The van der Waals surface area contributed by atoms with E-state index >= 15 is 0 Å². The van der Waals surface area contributed by atoms with Crippen LogP contribution in [0.3, 0.4) is 0 Å². The quantitative estimate of drug-likeness (QED) is 0.160. The van der Waals surface area contributed by atoms with Gasteiger partial charge in [-0.25, -0.2) is 0 Å². The van der Waals surface area contributed by atoms with Gasteiger partial charge in [-0.05, 0) is 78.7 Å². The van der Waals surface area contributed by atoms with Crippen molar-refractivity contribution in [2.24, 2.45) is 0 Å². The fraction of sp³-hybridized carbons (Fsp3) is 0.0256. The van der Waals surface area contributed by atoms with E-state index in [9.17, 15) is 0 Å². The highest BCUT2D eigenvalue weighted by Crippen LogP contribution is 2.46. The molecule has 3 aromatic heterocycles. The van der Waals surface area contributed by atoms with Gasteiger partial charge in [-0.2, -0.15) is 0 Å². The second-order valence-corrected chi connectivity index (χ2v) is 12.3. The van der Waals surface area contributed by atoms with Gasteiger partial charge >= 0.3 is 0 Å². The summed E-state index contributed by atoms with van der Waals surface area (Å²) in [5, 5.41) is 2.47. The Labute approximate surface area is 260 Å². The summed E-state index contributed by atoms with van der Waals surface area (Å²) in [6.07, 6.45) is 8.06. The summed E-state index contributed by atoms with van der Waals surface area (Å²) in [7, 11) is 0.